The molecule has 0 aliphatic carbocycles. The smallest absolute Gasteiger partial charge is 0.263 e. The standard InChI is InChI=1S/C18H14ClN5OS/c1-11-16(26-18(21-11)12-6-2-3-7-13(12)19)17(25)20-10-15-23-22-14-8-4-5-9-24(14)15/h2-9H,10H2,1H3,(H,20,25). The quantitative estimate of drug-likeness (QED) is 0.582. The summed E-state index contributed by atoms with van der Waals surface area (Å²) in [5.41, 5.74) is 2.24. The fourth-order valence-electron chi connectivity index (χ4n) is 2.61. The highest BCUT2D eigenvalue weighted by Gasteiger charge is 2.18. The minimum absolute atomic E-state index is 0.189. The van der Waals surface area contributed by atoms with Gasteiger partial charge in [0.1, 0.15) is 9.88 Å². The minimum atomic E-state index is -0.189. The number of carbonyl (C=O) groups is 1. The van der Waals surface area contributed by atoms with Crippen LogP contribution in [0.4, 0.5) is 0 Å². The molecule has 0 fully saturated rings. The monoisotopic (exact) mass is 383 g/mol. The number of halogens is 1. The van der Waals surface area contributed by atoms with Gasteiger partial charge in [0, 0.05) is 11.8 Å². The zero-order valence-corrected chi connectivity index (χ0v) is 15.4. The van der Waals surface area contributed by atoms with Gasteiger partial charge in [-0.2, -0.15) is 0 Å². The van der Waals surface area contributed by atoms with E-state index < -0.39 is 0 Å². The maximum absolute atomic E-state index is 12.6. The van der Waals surface area contributed by atoms with Gasteiger partial charge < -0.3 is 5.32 Å². The molecule has 0 aliphatic rings. The molecule has 130 valence electrons. The molecule has 0 saturated heterocycles. The van der Waals surface area contributed by atoms with Gasteiger partial charge in [-0.25, -0.2) is 4.98 Å². The molecule has 6 nitrogen and oxygen atoms in total. The molecule has 1 amide bonds. The van der Waals surface area contributed by atoms with E-state index in [-0.39, 0.29) is 12.5 Å². The van der Waals surface area contributed by atoms with Gasteiger partial charge in [0.05, 0.1) is 17.3 Å². The number of aromatic nitrogens is 4. The van der Waals surface area contributed by atoms with E-state index in [1.165, 1.54) is 11.3 Å². The predicted molar refractivity (Wildman–Crippen MR) is 101 cm³/mol. The van der Waals surface area contributed by atoms with Crippen molar-refractivity contribution in [1.82, 2.24) is 24.9 Å². The summed E-state index contributed by atoms with van der Waals surface area (Å²) in [4.78, 5) is 17.7. The van der Waals surface area contributed by atoms with Crippen LogP contribution in [0.1, 0.15) is 21.2 Å². The summed E-state index contributed by atoms with van der Waals surface area (Å²) < 4.78 is 1.84. The van der Waals surface area contributed by atoms with Gasteiger partial charge in [-0.1, -0.05) is 35.9 Å². The van der Waals surface area contributed by atoms with Crippen LogP contribution in [0.2, 0.25) is 5.02 Å². The van der Waals surface area contributed by atoms with Crippen molar-refractivity contribution in [3.63, 3.8) is 0 Å². The SMILES string of the molecule is Cc1nc(-c2ccccc2Cl)sc1C(=O)NCc1nnc2ccccn12. The molecule has 3 aromatic heterocycles. The van der Waals surface area contributed by atoms with Gasteiger partial charge >= 0.3 is 0 Å². The topological polar surface area (TPSA) is 72.2 Å². The summed E-state index contributed by atoms with van der Waals surface area (Å²) in [6.07, 6.45) is 1.87. The van der Waals surface area contributed by atoms with Crippen molar-refractivity contribution in [2.45, 2.75) is 13.5 Å². The Labute approximate surface area is 158 Å². The maximum atomic E-state index is 12.6. The lowest BCUT2D eigenvalue weighted by molar-refractivity contribution is 0.0953. The van der Waals surface area contributed by atoms with E-state index in [4.69, 9.17) is 11.6 Å². The molecule has 0 aliphatic heterocycles. The number of fused-ring (bicyclic) bond motifs is 1. The van der Waals surface area contributed by atoms with Crippen LogP contribution in [0, 0.1) is 6.92 Å². The predicted octanol–water partition coefficient (Wildman–Crippen LogP) is 3.74. The second-order valence-electron chi connectivity index (χ2n) is 5.64. The highest BCUT2D eigenvalue weighted by atomic mass is 35.5. The summed E-state index contributed by atoms with van der Waals surface area (Å²) in [5.74, 6) is 0.480. The second-order valence-corrected chi connectivity index (χ2v) is 7.05. The summed E-state index contributed by atoms with van der Waals surface area (Å²) in [7, 11) is 0. The number of rotatable bonds is 4. The minimum Gasteiger partial charge on any atom is -0.344 e. The molecule has 1 aromatic carbocycles. The van der Waals surface area contributed by atoms with Gasteiger partial charge in [-0.15, -0.1) is 21.5 Å². The molecular formula is C18H14ClN5OS. The van der Waals surface area contributed by atoms with Crippen LogP contribution in [0.25, 0.3) is 16.2 Å². The molecule has 3 heterocycles. The lowest BCUT2D eigenvalue weighted by Gasteiger charge is -2.03. The number of amides is 1. The number of hydrogen-bond acceptors (Lipinski definition) is 5. The first-order valence-corrected chi connectivity index (χ1v) is 9.12. The number of pyridine rings is 1. The molecule has 26 heavy (non-hydrogen) atoms. The Morgan fingerprint density at radius 3 is 2.85 bits per heavy atom. The maximum Gasteiger partial charge on any atom is 0.263 e. The molecule has 0 atom stereocenters. The number of nitrogens with zero attached hydrogens (tertiary/aromatic N) is 4. The fourth-order valence-corrected chi connectivity index (χ4v) is 3.91. The zero-order chi connectivity index (χ0) is 18.1. The Bertz CT molecular complexity index is 1100. The van der Waals surface area contributed by atoms with Crippen LogP contribution >= 0.6 is 22.9 Å². The van der Waals surface area contributed by atoms with Gasteiger partial charge in [0.15, 0.2) is 11.5 Å². The Balaban J connectivity index is 1.54. The van der Waals surface area contributed by atoms with Crippen molar-refractivity contribution < 1.29 is 4.79 Å². The number of carbonyl (C=O) groups excluding carboxylic acids is 1. The van der Waals surface area contributed by atoms with E-state index in [0.717, 1.165) is 16.2 Å². The van der Waals surface area contributed by atoms with Crippen LogP contribution in [0.15, 0.2) is 48.7 Å². The van der Waals surface area contributed by atoms with Crippen molar-refractivity contribution in [3.05, 3.63) is 70.1 Å². The van der Waals surface area contributed by atoms with Gasteiger partial charge in [0.25, 0.3) is 5.91 Å². The largest absolute Gasteiger partial charge is 0.344 e. The average Bonchev–Trinajstić information content (AvgIpc) is 3.24. The summed E-state index contributed by atoms with van der Waals surface area (Å²) in [6.45, 7) is 2.10. The Morgan fingerprint density at radius 1 is 1.19 bits per heavy atom. The number of hydrogen-bond donors (Lipinski definition) is 1. The molecule has 1 N–H and O–H groups in total. The van der Waals surface area contributed by atoms with Crippen molar-refractivity contribution in [2.75, 3.05) is 0 Å². The summed E-state index contributed by atoms with van der Waals surface area (Å²) in [6, 6.07) is 13.1. The third-order valence-corrected chi connectivity index (χ3v) is 5.42. The summed E-state index contributed by atoms with van der Waals surface area (Å²) >= 11 is 7.56. The average molecular weight is 384 g/mol. The first-order valence-electron chi connectivity index (χ1n) is 7.92. The van der Waals surface area contributed by atoms with Crippen molar-refractivity contribution >= 4 is 34.5 Å². The molecule has 0 saturated carbocycles. The molecule has 0 radical (unpaired) electrons. The molecule has 4 rings (SSSR count). The highest BCUT2D eigenvalue weighted by molar-refractivity contribution is 7.17. The molecule has 0 bridgehead atoms. The van der Waals surface area contributed by atoms with Crippen LogP contribution in [0.5, 0.6) is 0 Å². The van der Waals surface area contributed by atoms with E-state index in [1.54, 1.807) is 0 Å². The number of nitrogens with one attached hydrogen (secondary N) is 1. The Hall–Kier alpha value is -2.77. The lowest BCUT2D eigenvalue weighted by atomic mass is 10.2. The molecule has 4 aromatic rings. The van der Waals surface area contributed by atoms with Crippen LogP contribution < -0.4 is 5.32 Å². The van der Waals surface area contributed by atoms with Crippen molar-refractivity contribution in [3.8, 4) is 10.6 Å². The third-order valence-electron chi connectivity index (χ3n) is 3.90. The number of aryl methyl sites for hydroxylation is 1. The Morgan fingerprint density at radius 2 is 2.00 bits per heavy atom. The highest BCUT2D eigenvalue weighted by Crippen LogP contribution is 2.32. The lowest BCUT2D eigenvalue weighted by Crippen LogP contribution is -2.23. The molecular weight excluding hydrogens is 370 g/mol. The number of benzene rings is 1. The third kappa shape index (κ3) is 3.07. The summed E-state index contributed by atoms with van der Waals surface area (Å²) in [5, 5.41) is 12.4. The Kier molecular flexibility index (Phi) is 4.40. The van der Waals surface area contributed by atoms with Crippen LogP contribution in [0.3, 0.4) is 0 Å². The van der Waals surface area contributed by atoms with Crippen molar-refractivity contribution in [1.29, 1.82) is 0 Å². The van der Waals surface area contributed by atoms with Crippen LogP contribution in [-0.2, 0) is 6.54 Å². The fraction of sp³-hybridized carbons (Fsp3) is 0.111. The van der Waals surface area contributed by atoms with E-state index in [2.05, 4.69) is 20.5 Å². The normalized spacial score (nSPS) is 11.0. The molecule has 8 heteroatoms. The first kappa shape index (κ1) is 16.7. The zero-order valence-electron chi connectivity index (χ0n) is 13.8. The van der Waals surface area contributed by atoms with Gasteiger partial charge in [-0.05, 0) is 25.1 Å². The van der Waals surface area contributed by atoms with Gasteiger partial charge in [0.2, 0.25) is 0 Å². The van der Waals surface area contributed by atoms with E-state index in [0.29, 0.717) is 21.4 Å². The number of thiazole rings is 1. The van der Waals surface area contributed by atoms with E-state index in [9.17, 15) is 4.79 Å². The van der Waals surface area contributed by atoms with Crippen molar-refractivity contribution in [2.24, 2.45) is 0 Å². The van der Waals surface area contributed by atoms with E-state index >= 15 is 0 Å². The second kappa shape index (κ2) is 6.86. The van der Waals surface area contributed by atoms with Gasteiger partial charge in [-0.3, -0.25) is 9.20 Å². The van der Waals surface area contributed by atoms with E-state index in [1.807, 2.05) is 60.0 Å². The molecule has 0 unspecified atom stereocenters. The van der Waals surface area contributed by atoms with Crippen LogP contribution in [-0.4, -0.2) is 25.5 Å². The molecule has 0 spiro atoms. The first-order chi connectivity index (χ1) is 12.6.